The van der Waals surface area contributed by atoms with Crippen LogP contribution < -0.4 is 0 Å². The van der Waals surface area contributed by atoms with Gasteiger partial charge >= 0.3 is 0 Å². The van der Waals surface area contributed by atoms with Crippen molar-refractivity contribution in [3.8, 4) is 0 Å². The van der Waals surface area contributed by atoms with Gasteiger partial charge in [-0.05, 0) is 11.6 Å². The summed E-state index contributed by atoms with van der Waals surface area (Å²) < 4.78 is 33.8. The SMILES string of the molecule is Cn1cc(C2CN(S(=O)(=O)/C=C/c3ccccc3)CCO2)cn1. The van der Waals surface area contributed by atoms with Gasteiger partial charge in [0.05, 0.1) is 18.9 Å². The predicted molar refractivity (Wildman–Crippen MR) is 87.9 cm³/mol. The smallest absolute Gasteiger partial charge is 0.236 e. The Labute approximate surface area is 136 Å². The maximum atomic E-state index is 12.5. The molecule has 122 valence electrons. The molecule has 1 aliphatic heterocycles. The van der Waals surface area contributed by atoms with Crippen LogP contribution in [-0.4, -0.2) is 42.2 Å². The Hall–Kier alpha value is -1.96. The predicted octanol–water partition coefficient (Wildman–Crippen LogP) is 1.79. The zero-order chi connectivity index (χ0) is 16.3. The average molecular weight is 333 g/mol. The Kier molecular flexibility index (Phi) is 4.61. The van der Waals surface area contributed by atoms with Crippen molar-refractivity contribution >= 4 is 16.1 Å². The molecule has 7 heteroatoms. The van der Waals surface area contributed by atoms with Crippen LogP contribution in [0.25, 0.3) is 6.08 Å². The van der Waals surface area contributed by atoms with Crippen LogP contribution in [0.5, 0.6) is 0 Å². The molecule has 0 saturated carbocycles. The van der Waals surface area contributed by atoms with Crippen molar-refractivity contribution < 1.29 is 13.2 Å². The van der Waals surface area contributed by atoms with E-state index in [2.05, 4.69) is 5.10 Å². The Morgan fingerprint density at radius 1 is 1.30 bits per heavy atom. The summed E-state index contributed by atoms with van der Waals surface area (Å²) in [5, 5.41) is 5.37. The number of nitrogens with zero attached hydrogens (tertiary/aromatic N) is 3. The molecule has 1 saturated heterocycles. The van der Waals surface area contributed by atoms with Gasteiger partial charge in [-0.2, -0.15) is 9.40 Å². The van der Waals surface area contributed by atoms with Gasteiger partial charge in [-0.1, -0.05) is 30.3 Å². The summed E-state index contributed by atoms with van der Waals surface area (Å²) in [6.07, 6.45) is 4.89. The average Bonchev–Trinajstić information content (AvgIpc) is 3.01. The third-order valence-electron chi connectivity index (χ3n) is 3.72. The standard InChI is InChI=1S/C16H19N3O3S/c1-18-12-15(11-17-18)16-13-19(8-9-22-16)23(20,21)10-7-14-5-3-2-4-6-14/h2-7,10-12,16H,8-9,13H2,1H3/b10-7+. The highest BCUT2D eigenvalue weighted by Gasteiger charge is 2.29. The van der Waals surface area contributed by atoms with Gasteiger partial charge in [0.25, 0.3) is 0 Å². The van der Waals surface area contributed by atoms with Crippen molar-refractivity contribution in [2.24, 2.45) is 7.05 Å². The van der Waals surface area contributed by atoms with E-state index in [0.29, 0.717) is 19.7 Å². The minimum atomic E-state index is -3.47. The van der Waals surface area contributed by atoms with E-state index in [1.807, 2.05) is 43.6 Å². The van der Waals surface area contributed by atoms with E-state index in [-0.39, 0.29) is 6.10 Å². The Balaban J connectivity index is 1.73. The fourth-order valence-corrected chi connectivity index (χ4v) is 3.65. The van der Waals surface area contributed by atoms with Gasteiger partial charge in [0.1, 0.15) is 0 Å². The van der Waals surface area contributed by atoms with Crippen LogP contribution in [0, 0.1) is 0 Å². The molecular weight excluding hydrogens is 314 g/mol. The van der Waals surface area contributed by atoms with E-state index in [4.69, 9.17) is 4.74 Å². The van der Waals surface area contributed by atoms with Crippen LogP contribution >= 0.6 is 0 Å². The molecule has 0 N–H and O–H groups in total. The summed E-state index contributed by atoms with van der Waals surface area (Å²) in [5.74, 6) is 0. The third kappa shape index (κ3) is 3.87. The van der Waals surface area contributed by atoms with Crippen molar-refractivity contribution in [3.05, 3.63) is 59.3 Å². The number of rotatable bonds is 4. The molecule has 1 aliphatic rings. The number of hydrogen-bond acceptors (Lipinski definition) is 4. The summed E-state index contributed by atoms with van der Waals surface area (Å²) in [5.41, 5.74) is 1.74. The van der Waals surface area contributed by atoms with E-state index in [9.17, 15) is 8.42 Å². The first kappa shape index (κ1) is 15.9. The van der Waals surface area contributed by atoms with E-state index in [1.165, 1.54) is 9.71 Å². The fraction of sp³-hybridized carbons (Fsp3) is 0.312. The van der Waals surface area contributed by atoms with Crippen LogP contribution in [0.4, 0.5) is 0 Å². The van der Waals surface area contributed by atoms with E-state index in [0.717, 1.165) is 11.1 Å². The maximum absolute atomic E-state index is 12.5. The molecule has 6 nitrogen and oxygen atoms in total. The van der Waals surface area contributed by atoms with Gasteiger partial charge in [-0.3, -0.25) is 4.68 Å². The second-order valence-electron chi connectivity index (χ2n) is 5.42. The van der Waals surface area contributed by atoms with Gasteiger partial charge in [-0.25, -0.2) is 8.42 Å². The minimum absolute atomic E-state index is 0.280. The summed E-state index contributed by atoms with van der Waals surface area (Å²) in [6, 6.07) is 9.37. The van der Waals surface area contributed by atoms with Gasteiger partial charge in [-0.15, -0.1) is 0 Å². The molecule has 2 aromatic rings. The first-order chi connectivity index (χ1) is 11.0. The Morgan fingerprint density at radius 3 is 2.78 bits per heavy atom. The number of sulfonamides is 1. The fourth-order valence-electron chi connectivity index (χ4n) is 2.48. The molecule has 0 aliphatic carbocycles. The number of aromatic nitrogens is 2. The molecular formula is C16H19N3O3S. The molecule has 23 heavy (non-hydrogen) atoms. The van der Waals surface area contributed by atoms with E-state index < -0.39 is 10.0 Å². The Morgan fingerprint density at radius 2 is 2.09 bits per heavy atom. The molecule has 1 aromatic heterocycles. The van der Waals surface area contributed by atoms with Crippen molar-refractivity contribution in [2.75, 3.05) is 19.7 Å². The topological polar surface area (TPSA) is 64.4 Å². The van der Waals surface area contributed by atoms with Crippen molar-refractivity contribution in [1.82, 2.24) is 14.1 Å². The number of morpholine rings is 1. The first-order valence-corrected chi connectivity index (χ1v) is 8.88. The number of hydrogen-bond donors (Lipinski definition) is 0. The lowest BCUT2D eigenvalue weighted by Crippen LogP contribution is -2.41. The summed E-state index contributed by atoms with van der Waals surface area (Å²) in [4.78, 5) is 0. The zero-order valence-corrected chi connectivity index (χ0v) is 13.7. The lowest BCUT2D eigenvalue weighted by molar-refractivity contribution is -0.00220. The highest BCUT2D eigenvalue weighted by atomic mass is 32.2. The highest BCUT2D eigenvalue weighted by molar-refractivity contribution is 7.92. The van der Waals surface area contributed by atoms with Crippen molar-refractivity contribution in [3.63, 3.8) is 0 Å². The molecule has 1 atom stereocenters. The third-order valence-corrected chi connectivity index (χ3v) is 5.25. The molecule has 3 rings (SSSR count). The molecule has 1 aromatic carbocycles. The van der Waals surface area contributed by atoms with Gasteiger partial charge in [0.15, 0.2) is 0 Å². The summed E-state index contributed by atoms with van der Waals surface area (Å²) in [6.45, 7) is 1.03. The molecule has 0 amide bonds. The molecule has 1 unspecified atom stereocenters. The van der Waals surface area contributed by atoms with Crippen molar-refractivity contribution in [1.29, 1.82) is 0 Å². The van der Waals surface area contributed by atoms with E-state index >= 15 is 0 Å². The second-order valence-corrected chi connectivity index (χ2v) is 7.24. The first-order valence-electron chi connectivity index (χ1n) is 7.38. The lowest BCUT2D eigenvalue weighted by Gasteiger charge is -2.30. The number of aryl methyl sites for hydroxylation is 1. The molecule has 0 bridgehead atoms. The van der Waals surface area contributed by atoms with Crippen LogP contribution in [0.3, 0.4) is 0 Å². The molecule has 2 heterocycles. The van der Waals surface area contributed by atoms with E-state index in [1.54, 1.807) is 17.0 Å². The van der Waals surface area contributed by atoms with Gasteiger partial charge in [0, 0.05) is 37.3 Å². The van der Waals surface area contributed by atoms with Crippen molar-refractivity contribution in [2.45, 2.75) is 6.10 Å². The maximum Gasteiger partial charge on any atom is 0.236 e. The normalized spacial score (nSPS) is 20.1. The molecule has 0 radical (unpaired) electrons. The van der Waals surface area contributed by atoms with Crippen LogP contribution in [0.15, 0.2) is 48.1 Å². The Bertz CT molecular complexity index is 784. The van der Waals surface area contributed by atoms with Gasteiger partial charge in [0.2, 0.25) is 10.0 Å². The largest absolute Gasteiger partial charge is 0.371 e. The van der Waals surface area contributed by atoms with Gasteiger partial charge < -0.3 is 4.74 Å². The summed E-state index contributed by atoms with van der Waals surface area (Å²) >= 11 is 0. The van der Waals surface area contributed by atoms with Crippen LogP contribution in [0.2, 0.25) is 0 Å². The zero-order valence-electron chi connectivity index (χ0n) is 12.9. The van der Waals surface area contributed by atoms with Crippen LogP contribution in [0.1, 0.15) is 17.2 Å². The minimum Gasteiger partial charge on any atom is -0.371 e. The number of benzene rings is 1. The quantitative estimate of drug-likeness (QED) is 0.856. The lowest BCUT2D eigenvalue weighted by atomic mass is 10.2. The summed E-state index contributed by atoms with van der Waals surface area (Å²) in [7, 11) is -1.65. The molecule has 1 fully saturated rings. The monoisotopic (exact) mass is 333 g/mol. The molecule has 0 spiro atoms. The second kappa shape index (κ2) is 6.66. The number of ether oxygens (including phenoxy) is 1. The highest BCUT2D eigenvalue weighted by Crippen LogP contribution is 2.24. The van der Waals surface area contributed by atoms with Crippen LogP contribution in [-0.2, 0) is 21.8 Å².